The van der Waals surface area contributed by atoms with Crippen LogP contribution in [-0.4, -0.2) is 48.6 Å². The number of aryl methyl sites for hydroxylation is 2. The number of aliphatic hydroxyl groups is 1. The molecule has 0 saturated carbocycles. The monoisotopic (exact) mass is 534 g/mol. The highest BCUT2D eigenvalue weighted by molar-refractivity contribution is 6.09. The Hall–Kier alpha value is -3.75. The molecule has 0 saturated heterocycles. The van der Waals surface area contributed by atoms with Gasteiger partial charge in [-0.1, -0.05) is 30.3 Å². The van der Waals surface area contributed by atoms with Gasteiger partial charge in [-0.2, -0.15) is 4.39 Å². The number of aromatic nitrogens is 1. The molecular formula is C31H32F2N2O4. The number of benzene rings is 2. The molecule has 6 nitrogen and oxygen atoms in total. The first-order chi connectivity index (χ1) is 18.7. The largest absolute Gasteiger partial charge is 0.511 e. The van der Waals surface area contributed by atoms with Gasteiger partial charge in [0.1, 0.15) is 11.6 Å². The minimum absolute atomic E-state index is 0.0541. The smallest absolute Gasteiger partial charge is 0.276 e. The second kappa shape index (κ2) is 12.4. The highest BCUT2D eigenvalue weighted by Gasteiger charge is 2.38. The van der Waals surface area contributed by atoms with Crippen LogP contribution in [0.2, 0.25) is 0 Å². The normalized spacial score (nSPS) is 16.4. The summed E-state index contributed by atoms with van der Waals surface area (Å²) in [5, 5.41) is 11.6. The molecule has 1 aliphatic rings. The van der Waals surface area contributed by atoms with Crippen LogP contribution in [-0.2, 0) is 20.7 Å². The van der Waals surface area contributed by atoms with Gasteiger partial charge < -0.3 is 14.6 Å². The summed E-state index contributed by atoms with van der Waals surface area (Å²) in [7, 11) is 1.54. The Morgan fingerprint density at radius 1 is 1.05 bits per heavy atom. The Bertz CT molecular complexity index is 1400. The number of aliphatic hydroxyl groups excluding tert-OH is 1. The second-order valence-electron chi connectivity index (χ2n) is 9.65. The molecule has 2 aromatic carbocycles. The summed E-state index contributed by atoms with van der Waals surface area (Å²) < 4.78 is 38.9. The van der Waals surface area contributed by atoms with E-state index in [1.165, 1.54) is 25.3 Å². The molecule has 4 rings (SSSR count). The highest BCUT2D eigenvalue weighted by atomic mass is 19.1. The first-order valence-electron chi connectivity index (χ1n) is 12.8. The standard InChI is InChI=1S/C31H32F2N2O4/c1-5-39-17-27-29(26(16-38-4)22-12-18(2)13-23(32)15-22)30(36)25(31(37)35-27)14-20-6-8-21(9-7-20)24-10-11-28(33)34-19(24)3/h6-13,15,26,29,36H,5,14,16-17H2,1-4H3/t26-,29?/m0/s1. The molecule has 1 unspecified atom stereocenters. The van der Waals surface area contributed by atoms with Crippen molar-refractivity contribution in [2.75, 3.05) is 26.9 Å². The fourth-order valence-electron chi connectivity index (χ4n) is 5.03. The van der Waals surface area contributed by atoms with E-state index in [0.29, 0.717) is 23.6 Å². The number of carbonyl (C=O) groups excluding carboxylic acids is 1. The maximum Gasteiger partial charge on any atom is 0.276 e. The van der Waals surface area contributed by atoms with E-state index < -0.39 is 29.5 Å². The molecule has 2 atom stereocenters. The Labute approximate surface area is 227 Å². The molecule has 1 N–H and O–H groups in total. The van der Waals surface area contributed by atoms with Gasteiger partial charge in [-0.15, -0.1) is 0 Å². The van der Waals surface area contributed by atoms with Gasteiger partial charge in [0.15, 0.2) is 0 Å². The summed E-state index contributed by atoms with van der Waals surface area (Å²) in [6.45, 7) is 5.99. The molecule has 2 heterocycles. The zero-order valence-electron chi connectivity index (χ0n) is 22.5. The van der Waals surface area contributed by atoms with Gasteiger partial charge in [0.05, 0.1) is 30.4 Å². The number of aliphatic imine (C=N–C) groups is 1. The van der Waals surface area contributed by atoms with E-state index in [0.717, 1.165) is 22.3 Å². The Kier molecular flexibility index (Phi) is 8.99. The molecule has 0 bridgehead atoms. The van der Waals surface area contributed by atoms with Gasteiger partial charge in [-0.3, -0.25) is 4.79 Å². The first-order valence-corrected chi connectivity index (χ1v) is 12.8. The number of allylic oxidation sites excluding steroid dienone is 1. The molecule has 3 aromatic rings. The third-order valence-corrected chi connectivity index (χ3v) is 6.86. The summed E-state index contributed by atoms with van der Waals surface area (Å²) in [6, 6.07) is 15.1. The second-order valence-corrected chi connectivity index (χ2v) is 9.65. The average molecular weight is 535 g/mol. The van der Waals surface area contributed by atoms with Crippen LogP contribution in [0.1, 0.15) is 35.2 Å². The molecule has 1 aliphatic heterocycles. The number of dihydropyridines is 1. The lowest BCUT2D eigenvalue weighted by Crippen LogP contribution is -2.36. The van der Waals surface area contributed by atoms with Gasteiger partial charge in [0, 0.05) is 37.3 Å². The molecule has 0 fully saturated rings. The van der Waals surface area contributed by atoms with Gasteiger partial charge in [0.2, 0.25) is 5.95 Å². The summed E-state index contributed by atoms with van der Waals surface area (Å²) >= 11 is 0. The van der Waals surface area contributed by atoms with Crippen molar-refractivity contribution in [1.29, 1.82) is 0 Å². The van der Waals surface area contributed by atoms with Crippen molar-refractivity contribution in [1.82, 2.24) is 4.98 Å². The Morgan fingerprint density at radius 2 is 1.79 bits per heavy atom. The third-order valence-electron chi connectivity index (χ3n) is 6.86. The van der Waals surface area contributed by atoms with Crippen LogP contribution >= 0.6 is 0 Å². The first kappa shape index (κ1) is 28.3. The van der Waals surface area contributed by atoms with Crippen molar-refractivity contribution < 1.29 is 28.2 Å². The minimum Gasteiger partial charge on any atom is -0.511 e. The molecule has 1 amide bonds. The lowest BCUT2D eigenvalue weighted by molar-refractivity contribution is -0.115. The third kappa shape index (κ3) is 6.46. The number of pyridine rings is 1. The topological polar surface area (TPSA) is 81.0 Å². The quantitative estimate of drug-likeness (QED) is 0.320. The Balaban J connectivity index is 1.70. The van der Waals surface area contributed by atoms with Crippen molar-refractivity contribution in [3.05, 3.63) is 100 Å². The van der Waals surface area contributed by atoms with Crippen LogP contribution in [0.15, 0.2) is 70.9 Å². The van der Waals surface area contributed by atoms with Crippen molar-refractivity contribution in [2.24, 2.45) is 10.9 Å². The maximum absolute atomic E-state index is 14.4. The number of hydrogen-bond acceptors (Lipinski definition) is 5. The van der Waals surface area contributed by atoms with E-state index in [4.69, 9.17) is 9.47 Å². The maximum atomic E-state index is 14.4. The molecule has 0 aliphatic carbocycles. The molecule has 1 aromatic heterocycles. The van der Waals surface area contributed by atoms with E-state index in [2.05, 4.69) is 9.98 Å². The fraction of sp³-hybridized carbons (Fsp3) is 0.323. The predicted molar refractivity (Wildman–Crippen MR) is 146 cm³/mol. The molecule has 0 spiro atoms. The zero-order chi connectivity index (χ0) is 28.1. The van der Waals surface area contributed by atoms with Crippen molar-refractivity contribution >= 4 is 11.6 Å². The van der Waals surface area contributed by atoms with Crippen LogP contribution < -0.4 is 0 Å². The van der Waals surface area contributed by atoms with Crippen LogP contribution in [0.3, 0.4) is 0 Å². The number of methoxy groups -OCH3 is 1. The van der Waals surface area contributed by atoms with E-state index in [1.807, 2.05) is 37.3 Å². The number of halogens is 2. The van der Waals surface area contributed by atoms with E-state index >= 15 is 0 Å². The highest BCUT2D eigenvalue weighted by Crippen LogP contribution is 2.37. The summed E-state index contributed by atoms with van der Waals surface area (Å²) in [6.07, 6.45) is 0.148. The number of carbonyl (C=O) groups is 1. The molecule has 39 heavy (non-hydrogen) atoms. The van der Waals surface area contributed by atoms with Crippen molar-refractivity contribution in [2.45, 2.75) is 33.1 Å². The zero-order valence-corrected chi connectivity index (χ0v) is 22.5. The summed E-state index contributed by atoms with van der Waals surface area (Å²) in [5.74, 6) is -2.80. The van der Waals surface area contributed by atoms with Gasteiger partial charge >= 0.3 is 0 Å². The predicted octanol–water partition coefficient (Wildman–Crippen LogP) is 6.06. The van der Waals surface area contributed by atoms with Gasteiger partial charge in [0.25, 0.3) is 5.91 Å². The van der Waals surface area contributed by atoms with Crippen LogP contribution in [0.25, 0.3) is 11.1 Å². The lowest BCUT2D eigenvalue weighted by atomic mass is 9.78. The lowest BCUT2D eigenvalue weighted by Gasteiger charge is -2.31. The molecule has 204 valence electrons. The number of hydrogen-bond donors (Lipinski definition) is 1. The summed E-state index contributed by atoms with van der Waals surface area (Å²) in [4.78, 5) is 21.3. The number of ether oxygens (including phenoxy) is 2. The SMILES string of the molecule is CCOCC1=NC(=O)C(Cc2ccc(-c3ccc(F)nc3C)cc2)=C(O)C1[C@@H](COC)c1cc(C)cc(F)c1. The average Bonchev–Trinajstić information content (AvgIpc) is 2.89. The van der Waals surface area contributed by atoms with E-state index in [-0.39, 0.29) is 31.0 Å². The minimum atomic E-state index is -0.724. The van der Waals surface area contributed by atoms with Crippen LogP contribution in [0, 0.1) is 31.5 Å². The van der Waals surface area contributed by atoms with Gasteiger partial charge in [-0.05, 0) is 67.3 Å². The van der Waals surface area contributed by atoms with Crippen molar-refractivity contribution in [3.63, 3.8) is 0 Å². The van der Waals surface area contributed by atoms with E-state index in [1.54, 1.807) is 19.9 Å². The van der Waals surface area contributed by atoms with Crippen LogP contribution in [0.4, 0.5) is 8.78 Å². The van der Waals surface area contributed by atoms with Crippen LogP contribution in [0.5, 0.6) is 0 Å². The van der Waals surface area contributed by atoms with E-state index in [9.17, 15) is 18.7 Å². The number of rotatable bonds is 10. The van der Waals surface area contributed by atoms with Gasteiger partial charge in [-0.25, -0.2) is 14.4 Å². The Morgan fingerprint density at radius 3 is 2.44 bits per heavy atom. The number of nitrogens with zero attached hydrogens (tertiary/aromatic N) is 2. The molecular weight excluding hydrogens is 502 g/mol. The molecule has 8 heteroatoms. The molecule has 0 radical (unpaired) electrons. The summed E-state index contributed by atoms with van der Waals surface area (Å²) in [5.41, 5.74) is 4.93. The fourth-order valence-corrected chi connectivity index (χ4v) is 5.03. The van der Waals surface area contributed by atoms with Crippen molar-refractivity contribution in [3.8, 4) is 11.1 Å². The number of amides is 1.